The highest BCUT2D eigenvalue weighted by Crippen LogP contribution is 2.25. The van der Waals surface area contributed by atoms with Gasteiger partial charge in [0.05, 0.1) is 11.6 Å². The number of ether oxygens (including phenoxy) is 1. The molecule has 0 saturated carbocycles. The van der Waals surface area contributed by atoms with Crippen molar-refractivity contribution in [1.29, 1.82) is 0 Å². The molecule has 2 aromatic rings. The van der Waals surface area contributed by atoms with Crippen LogP contribution in [0, 0.1) is 0 Å². The van der Waals surface area contributed by atoms with Crippen molar-refractivity contribution >= 4 is 33.6 Å². The lowest BCUT2D eigenvalue weighted by molar-refractivity contribution is 0.0938. The zero-order valence-electron chi connectivity index (χ0n) is 11.7. The van der Waals surface area contributed by atoms with Crippen LogP contribution in [0.25, 0.3) is 0 Å². The number of carbonyl (C=O) groups is 2. The third kappa shape index (κ3) is 4.23. The number of carbonyl (C=O) groups excluding carboxylic acids is 2. The average Bonchev–Trinajstić information content (AvgIpc) is 2.53. The van der Waals surface area contributed by atoms with E-state index in [1.165, 1.54) is 7.11 Å². The number of urea groups is 1. The summed E-state index contributed by atoms with van der Waals surface area (Å²) >= 11 is 3.30. The number of methoxy groups -OCH3 is 1. The zero-order valence-corrected chi connectivity index (χ0v) is 13.3. The molecule has 3 amide bonds. The van der Waals surface area contributed by atoms with Gasteiger partial charge < -0.3 is 10.1 Å². The SMILES string of the molecule is COc1ccc(C(=O)NNC(=O)Nc2ccccc2)cc1Br. The van der Waals surface area contributed by atoms with Gasteiger partial charge in [-0.2, -0.15) is 0 Å². The van der Waals surface area contributed by atoms with Crippen LogP contribution in [0.15, 0.2) is 53.0 Å². The quantitative estimate of drug-likeness (QED) is 0.733. The summed E-state index contributed by atoms with van der Waals surface area (Å²) in [6, 6.07) is 13.2. The van der Waals surface area contributed by atoms with Crippen molar-refractivity contribution in [3.63, 3.8) is 0 Å². The number of para-hydroxylation sites is 1. The molecule has 0 spiro atoms. The van der Waals surface area contributed by atoms with Crippen molar-refractivity contribution in [2.45, 2.75) is 0 Å². The topological polar surface area (TPSA) is 79.5 Å². The van der Waals surface area contributed by atoms with Crippen LogP contribution in [0.2, 0.25) is 0 Å². The zero-order chi connectivity index (χ0) is 15.9. The maximum Gasteiger partial charge on any atom is 0.337 e. The molecule has 0 heterocycles. The molecule has 0 aliphatic carbocycles. The van der Waals surface area contributed by atoms with Gasteiger partial charge in [0.15, 0.2) is 0 Å². The molecule has 0 bridgehead atoms. The third-order valence-corrected chi connectivity index (χ3v) is 3.35. The number of hydrogen-bond acceptors (Lipinski definition) is 3. The summed E-state index contributed by atoms with van der Waals surface area (Å²) in [6.07, 6.45) is 0. The highest BCUT2D eigenvalue weighted by atomic mass is 79.9. The number of hydrogen-bond donors (Lipinski definition) is 3. The van der Waals surface area contributed by atoms with Crippen LogP contribution < -0.4 is 20.9 Å². The number of benzene rings is 2. The molecule has 0 unspecified atom stereocenters. The Morgan fingerprint density at radius 2 is 1.77 bits per heavy atom. The van der Waals surface area contributed by atoms with Crippen molar-refractivity contribution in [1.82, 2.24) is 10.9 Å². The Morgan fingerprint density at radius 3 is 2.41 bits per heavy atom. The number of hydrazine groups is 1. The summed E-state index contributed by atoms with van der Waals surface area (Å²) in [7, 11) is 1.54. The van der Waals surface area contributed by atoms with Gasteiger partial charge in [0.25, 0.3) is 5.91 Å². The van der Waals surface area contributed by atoms with E-state index in [1.54, 1.807) is 42.5 Å². The Morgan fingerprint density at radius 1 is 1.05 bits per heavy atom. The molecule has 0 aromatic heterocycles. The second-order valence-corrected chi connectivity index (χ2v) is 5.10. The second-order valence-electron chi connectivity index (χ2n) is 4.25. The Kier molecular flexibility index (Phi) is 5.37. The Labute approximate surface area is 136 Å². The van der Waals surface area contributed by atoms with Gasteiger partial charge in [-0.1, -0.05) is 18.2 Å². The van der Waals surface area contributed by atoms with Gasteiger partial charge in [0.1, 0.15) is 5.75 Å². The maximum atomic E-state index is 11.9. The van der Waals surface area contributed by atoms with Gasteiger partial charge in [-0.15, -0.1) is 0 Å². The maximum absolute atomic E-state index is 11.9. The predicted molar refractivity (Wildman–Crippen MR) is 86.8 cm³/mol. The number of halogens is 1. The third-order valence-electron chi connectivity index (χ3n) is 2.74. The smallest absolute Gasteiger partial charge is 0.337 e. The fourth-order valence-corrected chi connectivity index (χ4v) is 2.22. The first kappa shape index (κ1) is 15.8. The van der Waals surface area contributed by atoms with Crippen LogP contribution in [-0.2, 0) is 0 Å². The van der Waals surface area contributed by atoms with E-state index in [9.17, 15) is 9.59 Å². The number of anilines is 1. The normalized spacial score (nSPS) is 9.73. The standard InChI is InChI=1S/C15H14BrN3O3/c1-22-13-8-7-10(9-12(13)16)14(20)18-19-15(21)17-11-5-3-2-4-6-11/h2-9H,1H3,(H,18,20)(H2,17,19,21). The van der Waals surface area contributed by atoms with Gasteiger partial charge >= 0.3 is 6.03 Å². The molecular formula is C15H14BrN3O3. The van der Waals surface area contributed by atoms with Crippen molar-refractivity contribution < 1.29 is 14.3 Å². The van der Waals surface area contributed by atoms with Crippen LogP contribution in [0.5, 0.6) is 5.75 Å². The van der Waals surface area contributed by atoms with Crippen molar-refractivity contribution in [2.75, 3.05) is 12.4 Å². The summed E-state index contributed by atoms with van der Waals surface area (Å²) in [5.41, 5.74) is 5.61. The van der Waals surface area contributed by atoms with Crippen LogP contribution in [0.3, 0.4) is 0 Å². The van der Waals surface area contributed by atoms with Crippen LogP contribution in [0.4, 0.5) is 10.5 Å². The van der Waals surface area contributed by atoms with E-state index >= 15 is 0 Å². The van der Waals surface area contributed by atoms with E-state index in [0.717, 1.165) is 0 Å². The average molecular weight is 364 g/mol. The van der Waals surface area contributed by atoms with E-state index in [4.69, 9.17) is 4.74 Å². The van der Waals surface area contributed by atoms with E-state index in [0.29, 0.717) is 21.5 Å². The highest BCUT2D eigenvalue weighted by molar-refractivity contribution is 9.10. The van der Waals surface area contributed by atoms with E-state index in [2.05, 4.69) is 32.1 Å². The molecule has 0 fully saturated rings. The van der Waals surface area contributed by atoms with Crippen LogP contribution in [-0.4, -0.2) is 19.0 Å². The fraction of sp³-hybridized carbons (Fsp3) is 0.0667. The second kappa shape index (κ2) is 7.46. The minimum absolute atomic E-state index is 0.382. The van der Waals surface area contributed by atoms with E-state index < -0.39 is 11.9 Å². The molecule has 6 nitrogen and oxygen atoms in total. The van der Waals surface area contributed by atoms with Gasteiger partial charge in [0, 0.05) is 11.3 Å². The molecule has 3 N–H and O–H groups in total. The van der Waals surface area contributed by atoms with Gasteiger partial charge in [0.2, 0.25) is 0 Å². The summed E-state index contributed by atoms with van der Waals surface area (Å²) in [4.78, 5) is 23.6. The molecule has 0 aliphatic rings. The lowest BCUT2D eigenvalue weighted by Gasteiger charge is -2.10. The van der Waals surface area contributed by atoms with Crippen molar-refractivity contribution in [3.05, 3.63) is 58.6 Å². The molecule has 22 heavy (non-hydrogen) atoms. The van der Waals surface area contributed by atoms with Crippen LogP contribution >= 0.6 is 15.9 Å². The summed E-state index contributed by atoms with van der Waals surface area (Å²) in [5, 5.41) is 2.58. The van der Waals surface area contributed by atoms with E-state index in [1.807, 2.05) is 6.07 Å². The monoisotopic (exact) mass is 363 g/mol. The van der Waals surface area contributed by atoms with Gasteiger partial charge in [-0.05, 0) is 46.3 Å². The molecule has 0 radical (unpaired) electrons. The number of rotatable bonds is 3. The number of nitrogens with one attached hydrogen (secondary N) is 3. The Balaban J connectivity index is 1.89. The molecule has 114 valence electrons. The predicted octanol–water partition coefficient (Wildman–Crippen LogP) is 2.92. The molecule has 0 aliphatic heterocycles. The Hall–Kier alpha value is -2.54. The molecule has 0 atom stereocenters. The first-order chi connectivity index (χ1) is 10.6. The number of amides is 3. The lowest BCUT2D eigenvalue weighted by Crippen LogP contribution is -2.43. The highest BCUT2D eigenvalue weighted by Gasteiger charge is 2.10. The van der Waals surface area contributed by atoms with Gasteiger partial charge in [-0.25, -0.2) is 10.2 Å². The molecular weight excluding hydrogens is 350 g/mol. The first-order valence-corrected chi connectivity index (χ1v) is 7.15. The van der Waals surface area contributed by atoms with Crippen molar-refractivity contribution in [2.24, 2.45) is 0 Å². The lowest BCUT2D eigenvalue weighted by atomic mass is 10.2. The summed E-state index contributed by atoms with van der Waals surface area (Å²) in [6.45, 7) is 0. The van der Waals surface area contributed by atoms with Crippen LogP contribution in [0.1, 0.15) is 10.4 Å². The Bertz CT molecular complexity index is 677. The first-order valence-electron chi connectivity index (χ1n) is 6.36. The minimum atomic E-state index is -0.535. The van der Waals surface area contributed by atoms with E-state index in [-0.39, 0.29) is 0 Å². The minimum Gasteiger partial charge on any atom is -0.496 e. The summed E-state index contributed by atoms with van der Waals surface area (Å²) < 4.78 is 5.74. The molecule has 0 saturated heterocycles. The van der Waals surface area contributed by atoms with Gasteiger partial charge in [-0.3, -0.25) is 10.2 Å². The fourth-order valence-electron chi connectivity index (χ4n) is 1.68. The molecule has 2 aromatic carbocycles. The summed E-state index contributed by atoms with van der Waals surface area (Å²) in [5.74, 6) is 0.179. The largest absolute Gasteiger partial charge is 0.496 e. The molecule has 2 rings (SSSR count). The molecule has 7 heteroatoms. The van der Waals surface area contributed by atoms with Crippen molar-refractivity contribution in [3.8, 4) is 5.75 Å².